The van der Waals surface area contributed by atoms with Crippen LogP contribution in [0, 0.1) is 0 Å². The van der Waals surface area contributed by atoms with Crippen LogP contribution in [0.3, 0.4) is 0 Å². The number of hydrogen-bond donors (Lipinski definition) is 1. The lowest BCUT2D eigenvalue weighted by molar-refractivity contribution is -0.136. The van der Waals surface area contributed by atoms with Gasteiger partial charge in [-0.15, -0.1) is 11.3 Å². The molecular formula is C13H9NO3S. The Morgan fingerprint density at radius 1 is 1.39 bits per heavy atom. The maximum absolute atomic E-state index is 10.6. The van der Waals surface area contributed by atoms with Gasteiger partial charge in [0.1, 0.15) is 16.9 Å². The third-order valence-electron chi connectivity index (χ3n) is 2.61. The van der Waals surface area contributed by atoms with E-state index in [2.05, 4.69) is 4.98 Å². The zero-order chi connectivity index (χ0) is 12.5. The van der Waals surface area contributed by atoms with Crippen LogP contribution in [0.5, 0.6) is 0 Å². The van der Waals surface area contributed by atoms with Crippen LogP contribution in [0.1, 0.15) is 5.01 Å². The summed E-state index contributed by atoms with van der Waals surface area (Å²) < 4.78 is 5.44. The topological polar surface area (TPSA) is 63.3 Å². The summed E-state index contributed by atoms with van der Waals surface area (Å²) >= 11 is 1.35. The van der Waals surface area contributed by atoms with E-state index in [1.165, 1.54) is 11.3 Å². The van der Waals surface area contributed by atoms with E-state index in [1.54, 1.807) is 6.26 Å². The molecule has 0 aliphatic rings. The first-order chi connectivity index (χ1) is 8.74. The number of furan rings is 1. The van der Waals surface area contributed by atoms with E-state index in [-0.39, 0.29) is 6.42 Å². The number of aromatic nitrogens is 1. The molecule has 4 nitrogen and oxygen atoms in total. The van der Waals surface area contributed by atoms with Crippen molar-refractivity contribution in [3.8, 4) is 11.3 Å². The molecule has 0 spiro atoms. The van der Waals surface area contributed by atoms with Gasteiger partial charge in [0.15, 0.2) is 0 Å². The molecular weight excluding hydrogens is 250 g/mol. The third-order valence-corrected chi connectivity index (χ3v) is 3.46. The fourth-order valence-corrected chi connectivity index (χ4v) is 2.61. The maximum Gasteiger partial charge on any atom is 0.310 e. The maximum atomic E-state index is 10.6. The van der Waals surface area contributed by atoms with E-state index < -0.39 is 5.97 Å². The lowest BCUT2D eigenvalue weighted by atomic mass is 10.1. The Kier molecular flexibility index (Phi) is 2.60. The van der Waals surface area contributed by atoms with Crippen LogP contribution in [-0.2, 0) is 11.2 Å². The molecule has 0 saturated carbocycles. The van der Waals surface area contributed by atoms with Gasteiger partial charge in [-0.2, -0.15) is 0 Å². The predicted octanol–water partition coefficient (Wildman–Crippen LogP) is 3.18. The van der Waals surface area contributed by atoms with E-state index >= 15 is 0 Å². The highest BCUT2D eigenvalue weighted by atomic mass is 32.1. The second kappa shape index (κ2) is 4.27. The molecule has 0 unspecified atom stereocenters. The highest BCUT2D eigenvalue weighted by molar-refractivity contribution is 7.10. The zero-order valence-electron chi connectivity index (χ0n) is 9.29. The molecule has 3 aromatic rings. The lowest BCUT2D eigenvalue weighted by Crippen LogP contribution is -1.98. The number of nitrogens with zero attached hydrogens (tertiary/aromatic N) is 1. The SMILES string of the molecule is O=C(O)Cc1nc(-c2coc3ccccc23)cs1. The molecule has 0 amide bonds. The summed E-state index contributed by atoms with van der Waals surface area (Å²) in [5.41, 5.74) is 2.47. The minimum absolute atomic E-state index is 0.0412. The van der Waals surface area contributed by atoms with Gasteiger partial charge >= 0.3 is 5.97 Å². The van der Waals surface area contributed by atoms with Gasteiger partial charge in [-0.05, 0) is 6.07 Å². The van der Waals surface area contributed by atoms with Crippen LogP contribution in [-0.4, -0.2) is 16.1 Å². The Morgan fingerprint density at radius 3 is 3.06 bits per heavy atom. The van der Waals surface area contributed by atoms with Crippen LogP contribution < -0.4 is 0 Å². The van der Waals surface area contributed by atoms with E-state index in [4.69, 9.17) is 9.52 Å². The highest BCUT2D eigenvalue weighted by Crippen LogP contribution is 2.31. The van der Waals surface area contributed by atoms with Gasteiger partial charge in [-0.25, -0.2) is 4.98 Å². The molecule has 1 N–H and O–H groups in total. The second-order valence-electron chi connectivity index (χ2n) is 3.84. The number of rotatable bonds is 3. The summed E-state index contributed by atoms with van der Waals surface area (Å²) in [4.78, 5) is 14.9. The molecule has 0 aliphatic heterocycles. The van der Waals surface area contributed by atoms with Crippen LogP contribution >= 0.6 is 11.3 Å². The van der Waals surface area contributed by atoms with Crippen LogP contribution in [0.4, 0.5) is 0 Å². The van der Waals surface area contributed by atoms with Crippen molar-refractivity contribution in [2.24, 2.45) is 0 Å². The van der Waals surface area contributed by atoms with Gasteiger partial charge in [0.2, 0.25) is 0 Å². The molecule has 2 heterocycles. The lowest BCUT2D eigenvalue weighted by Gasteiger charge is -1.92. The summed E-state index contributed by atoms with van der Waals surface area (Å²) in [5.74, 6) is -0.868. The van der Waals surface area contributed by atoms with Crippen molar-refractivity contribution in [1.29, 1.82) is 0 Å². The largest absolute Gasteiger partial charge is 0.481 e. The fraction of sp³-hybridized carbons (Fsp3) is 0.0769. The second-order valence-corrected chi connectivity index (χ2v) is 4.79. The monoisotopic (exact) mass is 259 g/mol. The van der Waals surface area contributed by atoms with Gasteiger partial charge in [-0.1, -0.05) is 18.2 Å². The zero-order valence-corrected chi connectivity index (χ0v) is 10.1. The number of thiazole rings is 1. The van der Waals surface area contributed by atoms with Crippen LogP contribution in [0.25, 0.3) is 22.2 Å². The third kappa shape index (κ3) is 1.89. The van der Waals surface area contributed by atoms with Gasteiger partial charge < -0.3 is 9.52 Å². The van der Waals surface area contributed by atoms with E-state index in [0.717, 1.165) is 22.2 Å². The number of fused-ring (bicyclic) bond motifs is 1. The average Bonchev–Trinajstić information content (AvgIpc) is 2.94. The van der Waals surface area contributed by atoms with Gasteiger partial charge in [0.05, 0.1) is 12.1 Å². The molecule has 3 rings (SSSR count). The number of carbonyl (C=O) groups is 1. The smallest absolute Gasteiger partial charge is 0.310 e. The standard InChI is InChI=1S/C13H9NO3S/c15-13(16)5-12-14-10(7-18-12)9-6-17-11-4-2-1-3-8(9)11/h1-4,6-7H,5H2,(H,15,16). The van der Waals surface area contributed by atoms with Crippen molar-refractivity contribution in [1.82, 2.24) is 4.98 Å². The molecule has 90 valence electrons. The number of carboxylic acids is 1. The van der Waals surface area contributed by atoms with E-state index in [1.807, 2.05) is 29.6 Å². The van der Waals surface area contributed by atoms with Crippen molar-refractivity contribution in [3.05, 3.63) is 40.9 Å². The minimum Gasteiger partial charge on any atom is -0.481 e. The van der Waals surface area contributed by atoms with E-state index in [0.29, 0.717) is 5.01 Å². The summed E-state index contributed by atoms with van der Waals surface area (Å²) in [6, 6.07) is 7.70. The minimum atomic E-state index is -0.868. The number of benzene rings is 1. The summed E-state index contributed by atoms with van der Waals surface area (Å²) in [6.45, 7) is 0. The van der Waals surface area contributed by atoms with Crippen molar-refractivity contribution in [2.45, 2.75) is 6.42 Å². The predicted molar refractivity (Wildman–Crippen MR) is 68.7 cm³/mol. The number of aliphatic carboxylic acids is 1. The average molecular weight is 259 g/mol. The Morgan fingerprint density at radius 2 is 2.22 bits per heavy atom. The summed E-state index contributed by atoms with van der Waals surface area (Å²) in [7, 11) is 0. The first-order valence-electron chi connectivity index (χ1n) is 5.37. The molecule has 0 saturated heterocycles. The Hall–Kier alpha value is -2.14. The molecule has 0 radical (unpaired) electrons. The molecule has 0 aliphatic carbocycles. The van der Waals surface area contributed by atoms with Crippen LogP contribution in [0.15, 0.2) is 40.3 Å². The highest BCUT2D eigenvalue weighted by Gasteiger charge is 2.12. The Bertz CT molecular complexity index is 714. The number of para-hydroxylation sites is 1. The molecule has 0 fully saturated rings. The summed E-state index contributed by atoms with van der Waals surface area (Å²) in [5, 5.41) is 12.2. The van der Waals surface area contributed by atoms with E-state index in [9.17, 15) is 4.79 Å². The van der Waals surface area contributed by atoms with Crippen molar-refractivity contribution < 1.29 is 14.3 Å². The first kappa shape index (κ1) is 11.0. The quantitative estimate of drug-likeness (QED) is 0.784. The Balaban J connectivity index is 2.04. The molecule has 2 aromatic heterocycles. The molecule has 0 bridgehead atoms. The molecule has 5 heteroatoms. The van der Waals surface area contributed by atoms with Crippen molar-refractivity contribution in [3.63, 3.8) is 0 Å². The molecule has 0 atom stereocenters. The van der Waals surface area contributed by atoms with Crippen molar-refractivity contribution >= 4 is 28.3 Å². The normalized spacial score (nSPS) is 10.9. The van der Waals surface area contributed by atoms with Gasteiger partial charge in [0.25, 0.3) is 0 Å². The van der Waals surface area contributed by atoms with Gasteiger partial charge in [-0.3, -0.25) is 4.79 Å². The number of carboxylic acid groups (broad SMARTS) is 1. The molecule has 18 heavy (non-hydrogen) atoms. The first-order valence-corrected chi connectivity index (χ1v) is 6.25. The van der Waals surface area contributed by atoms with Crippen LogP contribution in [0.2, 0.25) is 0 Å². The van der Waals surface area contributed by atoms with Gasteiger partial charge in [0, 0.05) is 16.3 Å². The van der Waals surface area contributed by atoms with Crippen molar-refractivity contribution in [2.75, 3.05) is 0 Å². The fourth-order valence-electron chi connectivity index (χ4n) is 1.82. The number of hydrogen-bond acceptors (Lipinski definition) is 4. The summed E-state index contributed by atoms with van der Waals surface area (Å²) in [6.07, 6.45) is 1.62. The molecule has 1 aromatic carbocycles. The Labute approximate surface area is 107 Å².